The van der Waals surface area contributed by atoms with Gasteiger partial charge in [0.05, 0.1) is 11.4 Å². The zero-order chi connectivity index (χ0) is 13.2. The average molecular weight is 239 g/mol. The Morgan fingerprint density at radius 3 is 2.47 bits per heavy atom. The van der Waals surface area contributed by atoms with Gasteiger partial charge in [-0.3, -0.25) is 14.3 Å². The normalized spacial score (nSPS) is 12.0. The van der Waals surface area contributed by atoms with Crippen LogP contribution in [0.1, 0.15) is 23.1 Å². The lowest BCUT2D eigenvalue weighted by Gasteiger charge is -2.12. The number of nitrogen functional groups attached to an aromatic ring is 1. The monoisotopic (exact) mass is 239 g/mol. The number of aryl methyl sites for hydroxylation is 2. The first kappa shape index (κ1) is 13.0. The molecule has 0 aliphatic heterocycles. The third-order valence-electron chi connectivity index (χ3n) is 2.47. The van der Waals surface area contributed by atoms with E-state index in [-0.39, 0.29) is 11.6 Å². The molecule has 1 aromatic heterocycles. The highest BCUT2D eigenvalue weighted by Crippen LogP contribution is 2.14. The Morgan fingerprint density at radius 2 is 2.06 bits per heavy atom. The summed E-state index contributed by atoms with van der Waals surface area (Å²) in [5, 5.41) is 9.03. The molecule has 0 radical (unpaired) electrons. The highest BCUT2D eigenvalue weighted by atomic mass is 16.2. The first-order chi connectivity index (χ1) is 7.88. The fraction of sp³-hybridized carbons (Fsp3) is 0.500. The van der Waals surface area contributed by atoms with Crippen molar-refractivity contribution in [1.82, 2.24) is 20.4 Å². The molecular weight excluding hydrogens is 222 g/mol. The molecular formula is C10H17N5O2. The smallest absolute Gasteiger partial charge is 0.272 e. The summed E-state index contributed by atoms with van der Waals surface area (Å²) >= 11 is 0. The standard InChI is InChI=1S/C10H17N5O2/c1-5-7(11)8(15(4)14-5)10(17)13-6(2)9(16)12-3/h6H,11H2,1-4H3,(H,12,16)(H,13,17). The summed E-state index contributed by atoms with van der Waals surface area (Å²) in [6.07, 6.45) is 0. The lowest BCUT2D eigenvalue weighted by atomic mass is 10.2. The van der Waals surface area contributed by atoms with Crippen molar-refractivity contribution >= 4 is 17.5 Å². The third kappa shape index (κ3) is 2.55. The molecule has 4 N–H and O–H groups in total. The van der Waals surface area contributed by atoms with Crippen molar-refractivity contribution in [2.75, 3.05) is 12.8 Å². The Bertz CT molecular complexity index is 452. The molecule has 0 spiro atoms. The van der Waals surface area contributed by atoms with E-state index >= 15 is 0 Å². The summed E-state index contributed by atoms with van der Waals surface area (Å²) in [6.45, 7) is 3.31. The minimum absolute atomic E-state index is 0.262. The highest BCUT2D eigenvalue weighted by Gasteiger charge is 2.21. The Balaban J connectivity index is 2.87. The average Bonchev–Trinajstić information content (AvgIpc) is 2.51. The molecule has 1 unspecified atom stereocenters. The van der Waals surface area contributed by atoms with E-state index in [1.165, 1.54) is 11.7 Å². The number of nitrogens with two attached hydrogens (primary N) is 1. The van der Waals surface area contributed by atoms with E-state index in [0.29, 0.717) is 11.4 Å². The summed E-state index contributed by atoms with van der Waals surface area (Å²) in [5.41, 5.74) is 6.92. The van der Waals surface area contributed by atoms with Crippen LogP contribution in [0.15, 0.2) is 0 Å². The maximum absolute atomic E-state index is 11.9. The fourth-order valence-electron chi connectivity index (χ4n) is 1.49. The largest absolute Gasteiger partial charge is 0.395 e. The molecule has 2 amide bonds. The summed E-state index contributed by atoms with van der Waals surface area (Å²) in [4.78, 5) is 23.2. The highest BCUT2D eigenvalue weighted by molar-refractivity contribution is 6.00. The summed E-state index contributed by atoms with van der Waals surface area (Å²) in [7, 11) is 3.14. The van der Waals surface area contributed by atoms with Crippen molar-refractivity contribution in [3.8, 4) is 0 Å². The molecule has 0 saturated heterocycles. The second kappa shape index (κ2) is 4.86. The Morgan fingerprint density at radius 1 is 1.47 bits per heavy atom. The number of anilines is 1. The number of aromatic nitrogens is 2. The van der Waals surface area contributed by atoms with Gasteiger partial charge in [0.1, 0.15) is 11.7 Å². The van der Waals surface area contributed by atoms with Gasteiger partial charge in [0.15, 0.2) is 0 Å². The lowest BCUT2D eigenvalue weighted by molar-refractivity contribution is -0.122. The van der Waals surface area contributed by atoms with Crippen LogP contribution in [0.4, 0.5) is 5.69 Å². The van der Waals surface area contributed by atoms with Crippen LogP contribution in [0, 0.1) is 6.92 Å². The van der Waals surface area contributed by atoms with Crippen molar-refractivity contribution in [3.05, 3.63) is 11.4 Å². The SMILES string of the molecule is CNC(=O)C(C)NC(=O)c1c(N)c(C)nn1C. The molecule has 0 aromatic carbocycles. The van der Waals surface area contributed by atoms with E-state index in [4.69, 9.17) is 5.73 Å². The molecule has 1 atom stereocenters. The molecule has 1 aromatic rings. The van der Waals surface area contributed by atoms with E-state index in [0.717, 1.165) is 0 Å². The molecule has 0 aliphatic rings. The van der Waals surface area contributed by atoms with Crippen LogP contribution in [-0.2, 0) is 11.8 Å². The number of hydrogen-bond donors (Lipinski definition) is 3. The van der Waals surface area contributed by atoms with Gasteiger partial charge in [-0.2, -0.15) is 5.10 Å². The first-order valence-electron chi connectivity index (χ1n) is 5.20. The number of amides is 2. The predicted octanol–water partition coefficient (Wildman–Crippen LogP) is -0.825. The van der Waals surface area contributed by atoms with Gasteiger partial charge in [-0.05, 0) is 13.8 Å². The van der Waals surface area contributed by atoms with E-state index in [1.54, 1.807) is 20.9 Å². The molecule has 0 aliphatic carbocycles. The quantitative estimate of drug-likeness (QED) is 0.641. The topological polar surface area (TPSA) is 102 Å². The number of hydrogen-bond acceptors (Lipinski definition) is 4. The van der Waals surface area contributed by atoms with E-state index in [2.05, 4.69) is 15.7 Å². The van der Waals surface area contributed by atoms with Crippen LogP contribution in [0.25, 0.3) is 0 Å². The molecule has 0 fully saturated rings. The Kier molecular flexibility index (Phi) is 3.72. The van der Waals surface area contributed by atoms with Crippen molar-refractivity contribution < 1.29 is 9.59 Å². The maximum Gasteiger partial charge on any atom is 0.272 e. The van der Waals surface area contributed by atoms with Gasteiger partial charge in [-0.25, -0.2) is 0 Å². The molecule has 7 heteroatoms. The van der Waals surface area contributed by atoms with Gasteiger partial charge < -0.3 is 16.4 Å². The van der Waals surface area contributed by atoms with E-state index < -0.39 is 11.9 Å². The minimum atomic E-state index is -0.623. The summed E-state index contributed by atoms with van der Waals surface area (Å²) in [6, 6.07) is -0.623. The van der Waals surface area contributed by atoms with Crippen LogP contribution in [-0.4, -0.2) is 34.7 Å². The molecule has 1 heterocycles. The number of carbonyl (C=O) groups is 2. The molecule has 1 rings (SSSR count). The fourth-order valence-corrected chi connectivity index (χ4v) is 1.49. The van der Waals surface area contributed by atoms with Crippen molar-refractivity contribution in [1.29, 1.82) is 0 Å². The second-order valence-corrected chi connectivity index (χ2v) is 3.78. The number of nitrogens with zero attached hydrogens (tertiary/aromatic N) is 2. The molecule has 0 saturated carbocycles. The van der Waals surface area contributed by atoms with Crippen molar-refractivity contribution in [2.45, 2.75) is 19.9 Å². The summed E-state index contributed by atoms with van der Waals surface area (Å²) in [5.74, 6) is -0.683. The minimum Gasteiger partial charge on any atom is -0.395 e. The van der Waals surface area contributed by atoms with Gasteiger partial charge in [0.2, 0.25) is 5.91 Å². The van der Waals surface area contributed by atoms with Crippen LogP contribution < -0.4 is 16.4 Å². The second-order valence-electron chi connectivity index (χ2n) is 3.78. The third-order valence-corrected chi connectivity index (χ3v) is 2.47. The number of likely N-dealkylation sites (N-methyl/N-ethyl adjacent to an activating group) is 1. The molecule has 7 nitrogen and oxygen atoms in total. The Hall–Kier alpha value is -2.05. The van der Waals surface area contributed by atoms with E-state index in [9.17, 15) is 9.59 Å². The van der Waals surface area contributed by atoms with Crippen molar-refractivity contribution in [2.24, 2.45) is 7.05 Å². The zero-order valence-electron chi connectivity index (χ0n) is 10.4. The molecule has 17 heavy (non-hydrogen) atoms. The summed E-state index contributed by atoms with van der Waals surface area (Å²) < 4.78 is 1.40. The van der Waals surface area contributed by atoms with Crippen LogP contribution in [0.2, 0.25) is 0 Å². The van der Waals surface area contributed by atoms with Gasteiger partial charge >= 0.3 is 0 Å². The van der Waals surface area contributed by atoms with Gasteiger partial charge in [0, 0.05) is 14.1 Å². The predicted molar refractivity (Wildman–Crippen MR) is 63.4 cm³/mol. The van der Waals surface area contributed by atoms with Crippen LogP contribution in [0.3, 0.4) is 0 Å². The van der Waals surface area contributed by atoms with Gasteiger partial charge in [0.25, 0.3) is 5.91 Å². The Labute approximate surface area is 99.4 Å². The molecule has 94 valence electrons. The number of rotatable bonds is 3. The first-order valence-corrected chi connectivity index (χ1v) is 5.20. The number of carbonyl (C=O) groups excluding carboxylic acids is 2. The van der Waals surface area contributed by atoms with Crippen LogP contribution in [0.5, 0.6) is 0 Å². The molecule has 0 bridgehead atoms. The van der Waals surface area contributed by atoms with E-state index in [1.807, 2.05) is 0 Å². The van der Waals surface area contributed by atoms with Crippen LogP contribution >= 0.6 is 0 Å². The number of nitrogens with one attached hydrogen (secondary N) is 2. The van der Waals surface area contributed by atoms with Gasteiger partial charge in [-0.1, -0.05) is 0 Å². The van der Waals surface area contributed by atoms with Gasteiger partial charge in [-0.15, -0.1) is 0 Å². The maximum atomic E-state index is 11.9. The lowest BCUT2D eigenvalue weighted by Crippen LogP contribution is -2.44. The van der Waals surface area contributed by atoms with Crippen molar-refractivity contribution in [3.63, 3.8) is 0 Å². The zero-order valence-corrected chi connectivity index (χ0v) is 10.4.